The molecule has 3 heteroatoms. The van der Waals surface area contributed by atoms with Crippen LogP contribution in [0.3, 0.4) is 0 Å². The van der Waals surface area contributed by atoms with Crippen LogP contribution in [-0.4, -0.2) is 21.0 Å². The number of benzene rings is 1. The molecule has 0 radical (unpaired) electrons. The standard InChI is InChI=1S/C27H42O2Si/c1-20-14-23-12-13-24-16-22(19-29-30(5,6)26(2,3)4)17-27(23,24)25(15-20)28-18-21-10-8-7-9-11-21/h7-11,16,20,22-23,25H,12-15,17-19H2,1-6H3/t20-,22+,23-,25+,27+/m1/s1. The number of hydrogen-bond acceptors (Lipinski definition) is 2. The van der Waals surface area contributed by atoms with Crippen LogP contribution >= 0.6 is 0 Å². The topological polar surface area (TPSA) is 18.5 Å². The molecule has 5 atom stereocenters. The van der Waals surface area contributed by atoms with Crippen LogP contribution in [0.15, 0.2) is 42.0 Å². The zero-order valence-electron chi connectivity index (χ0n) is 20.0. The average molecular weight is 427 g/mol. The monoisotopic (exact) mass is 426 g/mol. The molecule has 2 saturated carbocycles. The minimum Gasteiger partial charge on any atom is -0.416 e. The highest BCUT2D eigenvalue weighted by atomic mass is 28.4. The second kappa shape index (κ2) is 8.22. The van der Waals surface area contributed by atoms with Crippen molar-refractivity contribution < 1.29 is 9.16 Å². The van der Waals surface area contributed by atoms with Gasteiger partial charge in [0.2, 0.25) is 0 Å². The van der Waals surface area contributed by atoms with Crippen molar-refractivity contribution in [3.63, 3.8) is 0 Å². The molecule has 166 valence electrons. The van der Waals surface area contributed by atoms with E-state index >= 15 is 0 Å². The second-order valence-electron chi connectivity index (χ2n) is 11.9. The number of hydrogen-bond donors (Lipinski definition) is 0. The van der Waals surface area contributed by atoms with E-state index in [1.807, 2.05) is 0 Å². The van der Waals surface area contributed by atoms with Gasteiger partial charge in [0.05, 0.1) is 12.7 Å². The fourth-order valence-corrected chi connectivity index (χ4v) is 7.17. The van der Waals surface area contributed by atoms with Crippen molar-refractivity contribution in [3.8, 4) is 0 Å². The Bertz CT molecular complexity index is 763. The maximum Gasteiger partial charge on any atom is 0.192 e. The van der Waals surface area contributed by atoms with Crippen LogP contribution < -0.4 is 0 Å². The molecular weight excluding hydrogens is 384 g/mol. The van der Waals surface area contributed by atoms with E-state index in [4.69, 9.17) is 9.16 Å². The van der Waals surface area contributed by atoms with Crippen LogP contribution in [0.4, 0.5) is 0 Å². The molecule has 30 heavy (non-hydrogen) atoms. The summed E-state index contributed by atoms with van der Waals surface area (Å²) in [6, 6.07) is 10.7. The summed E-state index contributed by atoms with van der Waals surface area (Å²) in [5.41, 5.74) is 3.28. The van der Waals surface area contributed by atoms with Crippen molar-refractivity contribution in [2.45, 2.75) is 90.6 Å². The normalized spacial score (nSPS) is 33.9. The summed E-state index contributed by atoms with van der Waals surface area (Å²) in [5, 5.41) is 0.275. The van der Waals surface area contributed by atoms with Crippen LogP contribution in [0, 0.1) is 23.2 Å². The SMILES string of the molecule is C[C@@H]1C[C@H]2CCC3=C[C@H](CO[Si](C)(C)C(C)(C)C)C[C@@]32[C@@H](OCc2ccccc2)C1. The van der Waals surface area contributed by atoms with Gasteiger partial charge >= 0.3 is 0 Å². The Balaban J connectivity index is 1.49. The lowest BCUT2D eigenvalue weighted by Gasteiger charge is -2.48. The predicted molar refractivity (Wildman–Crippen MR) is 128 cm³/mol. The van der Waals surface area contributed by atoms with Crippen molar-refractivity contribution in [2.75, 3.05) is 6.61 Å². The first-order chi connectivity index (χ1) is 14.1. The van der Waals surface area contributed by atoms with E-state index in [0.29, 0.717) is 12.0 Å². The third-order valence-corrected chi connectivity index (χ3v) is 13.3. The minimum absolute atomic E-state index is 0.275. The first kappa shape index (κ1) is 22.3. The van der Waals surface area contributed by atoms with Crippen LogP contribution in [-0.2, 0) is 15.8 Å². The fraction of sp³-hybridized carbons (Fsp3) is 0.704. The van der Waals surface area contributed by atoms with Gasteiger partial charge in [-0.2, -0.15) is 0 Å². The molecule has 0 amide bonds. The molecule has 0 aliphatic heterocycles. The smallest absolute Gasteiger partial charge is 0.192 e. The summed E-state index contributed by atoms with van der Waals surface area (Å²) in [6.45, 7) is 15.8. The highest BCUT2D eigenvalue weighted by Gasteiger charge is 2.58. The average Bonchev–Trinajstić information content (AvgIpc) is 3.21. The summed E-state index contributed by atoms with van der Waals surface area (Å²) in [6.07, 6.45) is 9.43. The molecule has 1 spiro atoms. The molecular formula is C27H42O2Si. The van der Waals surface area contributed by atoms with Gasteiger partial charge in [0.15, 0.2) is 8.32 Å². The Labute approximate surface area is 185 Å². The molecule has 2 fully saturated rings. The largest absolute Gasteiger partial charge is 0.416 e. The second-order valence-corrected chi connectivity index (χ2v) is 16.7. The molecule has 1 aromatic rings. The zero-order chi connectivity index (χ0) is 21.6. The van der Waals surface area contributed by atoms with Gasteiger partial charge in [-0.1, -0.05) is 69.7 Å². The summed E-state index contributed by atoms with van der Waals surface area (Å²) in [4.78, 5) is 0. The van der Waals surface area contributed by atoms with E-state index in [2.05, 4.69) is 77.2 Å². The van der Waals surface area contributed by atoms with Gasteiger partial charge in [-0.3, -0.25) is 0 Å². The van der Waals surface area contributed by atoms with Gasteiger partial charge in [0, 0.05) is 17.9 Å². The van der Waals surface area contributed by atoms with Crippen molar-refractivity contribution in [1.82, 2.24) is 0 Å². The molecule has 0 N–H and O–H groups in total. The Hall–Kier alpha value is -0.903. The van der Waals surface area contributed by atoms with E-state index in [1.165, 1.54) is 37.7 Å². The van der Waals surface area contributed by atoms with E-state index in [9.17, 15) is 0 Å². The molecule has 0 unspecified atom stereocenters. The highest BCUT2D eigenvalue weighted by molar-refractivity contribution is 6.74. The molecule has 0 saturated heterocycles. The van der Waals surface area contributed by atoms with Gasteiger partial charge in [0.1, 0.15) is 0 Å². The van der Waals surface area contributed by atoms with E-state index in [-0.39, 0.29) is 10.5 Å². The summed E-state index contributed by atoms with van der Waals surface area (Å²) in [7, 11) is -1.70. The Kier molecular flexibility index (Phi) is 6.11. The molecule has 3 aliphatic carbocycles. The van der Waals surface area contributed by atoms with Crippen LogP contribution in [0.25, 0.3) is 0 Å². The lowest BCUT2D eigenvalue weighted by Crippen LogP contribution is -2.46. The Morgan fingerprint density at radius 2 is 1.83 bits per heavy atom. The predicted octanol–water partition coefficient (Wildman–Crippen LogP) is 7.37. The third kappa shape index (κ3) is 4.10. The fourth-order valence-electron chi connectivity index (χ4n) is 6.11. The van der Waals surface area contributed by atoms with Gasteiger partial charge in [-0.05, 0) is 67.6 Å². The van der Waals surface area contributed by atoms with E-state index < -0.39 is 8.32 Å². The summed E-state index contributed by atoms with van der Waals surface area (Å²) in [5.74, 6) is 2.13. The van der Waals surface area contributed by atoms with Gasteiger partial charge in [-0.25, -0.2) is 0 Å². The van der Waals surface area contributed by atoms with Crippen LogP contribution in [0.1, 0.15) is 65.4 Å². The Morgan fingerprint density at radius 3 is 2.53 bits per heavy atom. The maximum absolute atomic E-state index is 6.73. The quantitative estimate of drug-likeness (QED) is 0.349. The molecule has 4 rings (SSSR count). The van der Waals surface area contributed by atoms with Crippen molar-refractivity contribution in [2.24, 2.45) is 23.2 Å². The maximum atomic E-state index is 6.73. The third-order valence-electron chi connectivity index (χ3n) is 8.76. The summed E-state index contributed by atoms with van der Waals surface area (Å²) < 4.78 is 13.4. The lowest BCUT2D eigenvalue weighted by atomic mass is 9.61. The summed E-state index contributed by atoms with van der Waals surface area (Å²) >= 11 is 0. The van der Waals surface area contributed by atoms with Gasteiger partial charge < -0.3 is 9.16 Å². The number of ether oxygens (including phenoxy) is 1. The van der Waals surface area contributed by atoms with Gasteiger partial charge in [0.25, 0.3) is 0 Å². The first-order valence-corrected chi connectivity index (χ1v) is 15.0. The van der Waals surface area contributed by atoms with Crippen LogP contribution in [0.2, 0.25) is 18.1 Å². The van der Waals surface area contributed by atoms with Crippen molar-refractivity contribution in [1.29, 1.82) is 0 Å². The molecule has 0 heterocycles. The molecule has 0 bridgehead atoms. The highest BCUT2D eigenvalue weighted by Crippen LogP contribution is 2.63. The molecule has 1 aromatic carbocycles. The van der Waals surface area contributed by atoms with E-state index in [1.54, 1.807) is 5.57 Å². The molecule has 0 aromatic heterocycles. The van der Waals surface area contributed by atoms with Crippen molar-refractivity contribution in [3.05, 3.63) is 47.5 Å². The van der Waals surface area contributed by atoms with E-state index in [0.717, 1.165) is 25.0 Å². The van der Waals surface area contributed by atoms with Crippen LogP contribution in [0.5, 0.6) is 0 Å². The Morgan fingerprint density at radius 1 is 1.10 bits per heavy atom. The molecule has 2 nitrogen and oxygen atoms in total. The zero-order valence-corrected chi connectivity index (χ0v) is 21.0. The first-order valence-electron chi connectivity index (χ1n) is 12.1. The van der Waals surface area contributed by atoms with Crippen molar-refractivity contribution >= 4 is 8.32 Å². The number of rotatable bonds is 6. The lowest BCUT2D eigenvalue weighted by molar-refractivity contribution is -0.0937. The minimum atomic E-state index is -1.70. The van der Waals surface area contributed by atoms with Gasteiger partial charge in [-0.15, -0.1) is 0 Å². The molecule has 3 aliphatic rings.